The highest BCUT2D eigenvalue weighted by Gasteiger charge is 2.00. The van der Waals surface area contributed by atoms with Gasteiger partial charge in [-0.25, -0.2) is 0 Å². The van der Waals surface area contributed by atoms with Gasteiger partial charge < -0.3 is 0 Å². The van der Waals surface area contributed by atoms with E-state index < -0.39 is 11.4 Å². The van der Waals surface area contributed by atoms with Crippen LogP contribution >= 0.6 is 0 Å². The highest BCUT2D eigenvalue weighted by atomic mass is 32.2. The fourth-order valence-electron chi connectivity index (χ4n) is 0.876. The first-order valence-electron chi connectivity index (χ1n) is 4.55. The Morgan fingerprint density at radius 3 is 2.57 bits per heavy atom. The van der Waals surface area contributed by atoms with E-state index in [0.29, 0.717) is 13.2 Å². The average Bonchev–Trinajstić information content (AvgIpc) is 2.25. The lowest BCUT2D eigenvalue weighted by atomic mass is 10.2. The van der Waals surface area contributed by atoms with Crippen molar-refractivity contribution in [3.8, 4) is 0 Å². The van der Waals surface area contributed by atoms with Crippen LogP contribution in [0.3, 0.4) is 0 Å². The molecule has 0 aliphatic carbocycles. The molecule has 0 fully saturated rings. The van der Waals surface area contributed by atoms with Gasteiger partial charge in [-0.3, -0.25) is 8.37 Å². The van der Waals surface area contributed by atoms with Crippen LogP contribution in [0.2, 0.25) is 0 Å². The lowest BCUT2D eigenvalue weighted by molar-refractivity contribution is 0.243. The average molecular weight is 214 g/mol. The number of rotatable bonds is 6. The minimum atomic E-state index is -1.62. The molecule has 4 heteroatoms. The molecule has 0 saturated heterocycles. The minimum Gasteiger partial charge on any atom is -0.268 e. The first-order valence-corrected chi connectivity index (χ1v) is 5.55. The van der Waals surface area contributed by atoms with Crippen molar-refractivity contribution < 1.29 is 12.6 Å². The molecule has 0 bridgehead atoms. The van der Waals surface area contributed by atoms with Crippen molar-refractivity contribution in [3.05, 3.63) is 35.9 Å². The number of hydrogen-bond donors (Lipinski definition) is 0. The van der Waals surface area contributed by atoms with Crippen molar-refractivity contribution in [3.63, 3.8) is 0 Å². The van der Waals surface area contributed by atoms with Gasteiger partial charge in [0.1, 0.15) is 0 Å². The largest absolute Gasteiger partial charge is 0.304 e. The molecule has 3 nitrogen and oxygen atoms in total. The van der Waals surface area contributed by atoms with Gasteiger partial charge >= 0.3 is 11.4 Å². The topological polar surface area (TPSA) is 35.5 Å². The predicted octanol–water partition coefficient (Wildman–Crippen LogP) is 2.21. The Morgan fingerprint density at radius 1 is 1.21 bits per heavy atom. The van der Waals surface area contributed by atoms with Crippen LogP contribution in [0.25, 0.3) is 0 Å². The van der Waals surface area contributed by atoms with Gasteiger partial charge in [0, 0.05) is 0 Å². The van der Waals surface area contributed by atoms with E-state index in [1.165, 1.54) is 0 Å². The minimum absolute atomic E-state index is 0.317. The summed E-state index contributed by atoms with van der Waals surface area (Å²) >= 11 is -1.62. The molecule has 0 N–H and O–H groups in total. The molecule has 1 atom stereocenters. The first-order chi connectivity index (χ1) is 6.83. The van der Waals surface area contributed by atoms with Crippen molar-refractivity contribution in [1.82, 2.24) is 0 Å². The van der Waals surface area contributed by atoms with Crippen LogP contribution in [0.5, 0.6) is 0 Å². The van der Waals surface area contributed by atoms with Crippen molar-refractivity contribution in [2.45, 2.75) is 20.0 Å². The Kier molecular flexibility index (Phi) is 5.44. The van der Waals surface area contributed by atoms with E-state index in [4.69, 9.17) is 8.37 Å². The van der Waals surface area contributed by atoms with E-state index in [1.54, 1.807) is 0 Å². The standard InChI is InChI=1S/C10H14O3S/c1-2-8-12-14(11)13-9-10-6-4-3-5-7-10/h3-7H,2,8-9H2,1H3. The molecule has 0 heterocycles. The molecule has 0 aromatic heterocycles. The second kappa shape index (κ2) is 6.70. The summed E-state index contributed by atoms with van der Waals surface area (Å²) in [5.41, 5.74) is 0.987. The zero-order chi connectivity index (χ0) is 10.2. The van der Waals surface area contributed by atoms with Crippen LogP contribution in [0.1, 0.15) is 18.9 Å². The molecule has 0 aliphatic heterocycles. The smallest absolute Gasteiger partial charge is 0.268 e. The maximum atomic E-state index is 11.0. The van der Waals surface area contributed by atoms with E-state index in [1.807, 2.05) is 37.3 Å². The molecule has 1 aromatic carbocycles. The van der Waals surface area contributed by atoms with E-state index in [-0.39, 0.29) is 0 Å². The summed E-state index contributed by atoms with van der Waals surface area (Å²) in [6.07, 6.45) is 0.834. The van der Waals surface area contributed by atoms with Crippen LogP contribution in [-0.4, -0.2) is 10.8 Å². The van der Waals surface area contributed by atoms with Gasteiger partial charge in [-0.05, 0) is 12.0 Å². The SMILES string of the molecule is CCCOS(=O)OCc1ccccc1. The molecule has 0 radical (unpaired) electrons. The Labute approximate surface area is 86.9 Å². The van der Waals surface area contributed by atoms with Crippen molar-refractivity contribution >= 4 is 11.4 Å². The van der Waals surface area contributed by atoms with Crippen LogP contribution in [0.4, 0.5) is 0 Å². The van der Waals surface area contributed by atoms with Gasteiger partial charge in [-0.15, -0.1) is 0 Å². The van der Waals surface area contributed by atoms with Crippen LogP contribution in [0, 0.1) is 0 Å². The third-order valence-corrected chi connectivity index (χ3v) is 2.22. The van der Waals surface area contributed by atoms with Crippen molar-refractivity contribution in [2.24, 2.45) is 0 Å². The molecule has 14 heavy (non-hydrogen) atoms. The van der Waals surface area contributed by atoms with E-state index in [9.17, 15) is 4.21 Å². The Morgan fingerprint density at radius 2 is 1.93 bits per heavy atom. The lowest BCUT2D eigenvalue weighted by Crippen LogP contribution is -2.02. The quantitative estimate of drug-likeness (QED) is 0.728. The third-order valence-electron chi connectivity index (χ3n) is 1.55. The summed E-state index contributed by atoms with van der Waals surface area (Å²) in [7, 11) is 0. The molecule has 0 spiro atoms. The Bertz CT molecular complexity index is 274. The highest BCUT2D eigenvalue weighted by Crippen LogP contribution is 2.02. The normalized spacial score (nSPS) is 12.6. The first kappa shape index (κ1) is 11.4. The zero-order valence-electron chi connectivity index (χ0n) is 8.14. The second-order valence-electron chi connectivity index (χ2n) is 2.77. The summed E-state index contributed by atoms with van der Waals surface area (Å²) in [6.45, 7) is 2.73. The molecular formula is C10H14O3S. The fourth-order valence-corrected chi connectivity index (χ4v) is 1.48. The van der Waals surface area contributed by atoms with Gasteiger partial charge in [0.25, 0.3) is 0 Å². The third kappa shape index (κ3) is 4.50. The molecule has 0 aliphatic rings. The molecular weight excluding hydrogens is 200 g/mol. The lowest BCUT2D eigenvalue weighted by Gasteiger charge is -2.02. The number of benzene rings is 1. The van der Waals surface area contributed by atoms with Crippen molar-refractivity contribution in [2.75, 3.05) is 6.61 Å². The number of hydrogen-bond acceptors (Lipinski definition) is 3. The Hall–Kier alpha value is -0.710. The summed E-state index contributed by atoms with van der Waals surface area (Å²) < 4.78 is 20.9. The van der Waals surface area contributed by atoms with Gasteiger partial charge in [-0.2, -0.15) is 4.21 Å². The van der Waals surface area contributed by atoms with Crippen LogP contribution < -0.4 is 0 Å². The maximum absolute atomic E-state index is 11.0. The van der Waals surface area contributed by atoms with Crippen LogP contribution in [-0.2, 0) is 26.3 Å². The van der Waals surface area contributed by atoms with E-state index in [2.05, 4.69) is 0 Å². The molecule has 1 unspecified atom stereocenters. The zero-order valence-corrected chi connectivity index (χ0v) is 8.96. The monoisotopic (exact) mass is 214 g/mol. The molecule has 1 aromatic rings. The summed E-state index contributed by atoms with van der Waals surface area (Å²) in [4.78, 5) is 0. The predicted molar refractivity (Wildman–Crippen MR) is 55.6 cm³/mol. The Balaban J connectivity index is 2.24. The highest BCUT2D eigenvalue weighted by molar-refractivity contribution is 7.75. The summed E-state index contributed by atoms with van der Waals surface area (Å²) in [5.74, 6) is 0. The van der Waals surface area contributed by atoms with Crippen LogP contribution in [0.15, 0.2) is 30.3 Å². The van der Waals surface area contributed by atoms with Gasteiger partial charge in [-0.1, -0.05) is 37.3 Å². The molecule has 0 saturated carbocycles. The maximum Gasteiger partial charge on any atom is 0.304 e. The van der Waals surface area contributed by atoms with Gasteiger partial charge in [0.15, 0.2) is 0 Å². The fraction of sp³-hybridized carbons (Fsp3) is 0.400. The van der Waals surface area contributed by atoms with E-state index >= 15 is 0 Å². The summed E-state index contributed by atoms with van der Waals surface area (Å²) in [5, 5.41) is 0. The molecule has 78 valence electrons. The van der Waals surface area contributed by atoms with E-state index in [0.717, 1.165) is 12.0 Å². The molecule has 0 amide bonds. The van der Waals surface area contributed by atoms with Gasteiger partial charge in [0.2, 0.25) is 0 Å². The van der Waals surface area contributed by atoms with Gasteiger partial charge in [0.05, 0.1) is 13.2 Å². The second-order valence-corrected chi connectivity index (χ2v) is 3.65. The summed E-state index contributed by atoms with van der Waals surface area (Å²) in [6, 6.07) is 9.57. The molecule has 1 rings (SSSR count). The van der Waals surface area contributed by atoms with Crippen molar-refractivity contribution in [1.29, 1.82) is 0 Å².